The third-order valence-corrected chi connectivity index (χ3v) is 3.95. The van der Waals surface area contributed by atoms with Gasteiger partial charge in [0.1, 0.15) is 5.75 Å². The van der Waals surface area contributed by atoms with Gasteiger partial charge in [0.25, 0.3) is 0 Å². The van der Waals surface area contributed by atoms with Crippen molar-refractivity contribution in [3.8, 4) is 5.75 Å². The maximum absolute atomic E-state index is 12.2. The number of carbonyl (C=O) groups is 1. The van der Waals surface area contributed by atoms with Gasteiger partial charge in [0, 0.05) is 6.54 Å². The fourth-order valence-electron chi connectivity index (χ4n) is 2.50. The average Bonchev–Trinajstić information content (AvgIpc) is 3.05. The van der Waals surface area contributed by atoms with Gasteiger partial charge in [-0.05, 0) is 42.0 Å². The van der Waals surface area contributed by atoms with Gasteiger partial charge in [-0.3, -0.25) is 4.79 Å². The second-order valence-corrected chi connectivity index (χ2v) is 5.79. The number of carbonyl (C=O) groups excluding carboxylic acids is 1. The summed E-state index contributed by atoms with van der Waals surface area (Å²) >= 11 is 0. The summed E-state index contributed by atoms with van der Waals surface area (Å²) in [4.78, 5) is 16.6. The van der Waals surface area contributed by atoms with Crippen molar-refractivity contribution in [1.82, 2.24) is 15.0 Å². The molecule has 1 aromatic heterocycles. The Kier molecular flexibility index (Phi) is 5.09. The van der Waals surface area contributed by atoms with Crippen LogP contribution in [0.5, 0.6) is 5.75 Å². The quantitative estimate of drug-likeness (QED) is 0.556. The predicted octanol–water partition coefficient (Wildman–Crippen LogP) is 2.83. The molecule has 1 atom stereocenters. The first-order chi connectivity index (χ1) is 12.2. The molecule has 0 fully saturated rings. The minimum atomic E-state index is -0.231. The molecule has 0 radical (unpaired) electrons. The number of hydrogen-bond acceptors (Lipinski definition) is 4. The molecule has 2 aromatic carbocycles. The van der Waals surface area contributed by atoms with Crippen molar-refractivity contribution in [3.05, 3.63) is 60.4 Å². The SMILES string of the molecule is COc1ccc(C=NNC(=O)C(C)Cn2cnc3ccccc32)cc1. The highest BCUT2D eigenvalue weighted by atomic mass is 16.5. The second-order valence-electron chi connectivity index (χ2n) is 5.79. The summed E-state index contributed by atoms with van der Waals surface area (Å²) in [5.74, 6) is 0.413. The lowest BCUT2D eigenvalue weighted by Crippen LogP contribution is -2.27. The summed E-state index contributed by atoms with van der Waals surface area (Å²) in [6.07, 6.45) is 3.37. The van der Waals surface area contributed by atoms with Crippen LogP contribution in [0.2, 0.25) is 0 Å². The summed E-state index contributed by atoms with van der Waals surface area (Å²) in [7, 11) is 1.62. The zero-order valence-electron chi connectivity index (χ0n) is 14.2. The van der Waals surface area contributed by atoms with Crippen LogP contribution in [-0.2, 0) is 11.3 Å². The topological polar surface area (TPSA) is 68.5 Å². The molecule has 128 valence electrons. The van der Waals surface area contributed by atoms with Gasteiger partial charge in [0.05, 0.1) is 36.6 Å². The van der Waals surface area contributed by atoms with Gasteiger partial charge in [-0.1, -0.05) is 19.1 Å². The number of benzene rings is 2. The van der Waals surface area contributed by atoms with Crippen molar-refractivity contribution in [3.63, 3.8) is 0 Å². The molecular weight excluding hydrogens is 316 g/mol. The molecule has 25 heavy (non-hydrogen) atoms. The van der Waals surface area contributed by atoms with Crippen LogP contribution in [0.4, 0.5) is 0 Å². The number of methoxy groups -OCH3 is 1. The number of hydrazone groups is 1. The van der Waals surface area contributed by atoms with Crippen LogP contribution in [0.15, 0.2) is 60.0 Å². The number of fused-ring (bicyclic) bond motifs is 1. The smallest absolute Gasteiger partial charge is 0.244 e. The van der Waals surface area contributed by atoms with Gasteiger partial charge in [-0.25, -0.2) is 10.4 Å². The number of para-hydroxylation sites is 2. The summed E-state index contributed by atoms with van der Waals surface area (Å²) in [6, 6.07) is 15.3. The molecule has 0 aliphatic carbocycles. The van der Waals surface area contributed by atoms with E-state index >= 15 is 0 Å². The first-order valence-electron chi connectivity index (χ1n) is 8.04. The molecule has 0 aliphatic rings. The maximum atomic E-state index is 12.2. The molecule has 3 rings (SSSR count). The Morgan fingerprint density at radius 3 is 2.80 bits per heavy atom. The highest BCUT2D eigenvalue weighted by molar-refractivity contribution is 5.83. The highest BCUT2D eigenvalue weighted by Gasteiger charge is 2.14. The number of hydrogen-bond donors (Lipinski definition) is 1. The largest absolute Gasteiger partial charge is 0.497 e. The van der Waals surface area contributed by atoms with E-state index in [-0.39, 0.29) is 11.8 Å². The van der Waals surface area contributed by atoms with Gasteiger partial charge in [-0.15, -0.1) is 0 Å². The van der Waals surface area contributed by atoms with Crippen molar-refractivity contribution in [1.29, 1.82) is 0 Å². The van der Waals surface area contributed by atoms with Crippen LogP contribution in [0, 0.1) is 5.92 Å². The molecule has 3 aromatic rings. The van der Waals surface area contributed by atoms with Gasteiger partial charge in [-0.2, -0.15) is 5.10 Å². The Morgan fingerprint density at radius 2 is 2.04 bits per heavy atom. The molecule has 1 heterocycles. The van der Waals surface area contributed by atoms with Crippen molar-refractivity contribution in [2.24, 2.45) is 11.0 Å². The van der Waals surface area contributed by atoms with Gasteiger partial charge in [0.2, 0.25) is 5.91 Å². The van der Waals surface area contributed by atoms with Crippen LogP contribution in [0.25, 0.3) is 11.0 Å². The molecular formula is C19H20N4O2. The molecule has 0 spiro atoms. The van der Waals surface area contributed by atoms with Crippen molar-refractivity contribution >= 4 is 23.2 Å². The number of nitrogens with one attached hydrogen (secondary N) is 1. The number of imidazole rings is 1. The monoisotopic (exact) mass is 336 g/mol. The molecule has 0 bridgehead atoms. The van der Waals surface area contributed by atoms with Crippen LogP contribution in [0.1, 0.15) is 12.5 Å². The van der Waals surface area contributed by atoms with Crippen LogP contribution >= 0.6 is 0 Å². The third-order valence-electron chi connectivity index (χ3n) is 3.95. The van der Waals surface area contributed by atoms with Crippen LogP contribution in [-0.4, -0.2) is 28.8 Å². The molecule has 1 unspecified atom stereocenters. The molecule has 0 saturated carbocycles. The first kappa shape index (κ1) is 16.7. The Hall–Kier alpha value is -3.15. The highest BCUT2D eigenvalue weighted by Crippen LogP contribution is 2.14. The molecule has 6 heteroatoms. The van der Waals surface area contributed by atoms with Crippen molar-refractivity contribution < 1.29 is 9.53 Å². The Bertz CT molecular complexity index is 884. The van der Waals surface area contributed by atoms with E-state index in [2.05, 4.69) is 15.5 Å². The second kappa shape index (κ2) is 7.61. The van der Waals surface area contributed by atoms with Crippen LogP contribution < -0.4 is 10.2 Å². The number of nitrogens with zero attached hydrogens (tertiary/aromatic N) is 3. The molecule has 0 saturated heterocycles. The number of aromatic nitrogens is 2. The van der Waals surface area contributed by atoms with E-state index in [1.807, 2.05) is 60.0 Å². The van der Waals surface area contributed by atoms with Crippen molar-refractivity contribution in [2.75, 3.05) is 7.11 Å². The standard InChI is InChI=1S/C19H20N4O2/c1-14(12-23-13-20-17-5-3-4-6-18(17)23)19(24)22-21-11-15-7-9-16(25-2)10-8-15/h3-11,13-14H,12H2,1-2H3,(H,22,24). The number of ether oxygens (including phenoxy) is 1. The van der Waals surface area contributed by atoms with E-state index in [1.165, 1.54) is 0 Å². The third kappa shape index (κ3) is 4.03. The summed E-state index contributed by atoms with van der Waals surface area (Å²) in [6.45, 7) is 2.41. The summed E-state index contributed by atoms with van der Waals surface area (Å²) in [5.41, 5.74) is 5.41. The van der Waals surface area contributed by atoms with Crippen molar-refractivity contribution in [2.45, 2.75) is 13.5 Å². The molecule has 6 nitrogen and oxygen atoms in total. The van der Waals surface area contributed by atoms with Gasteiger partial charge < -0.3 is 9.30 Å². The first-order valence-corrected chi connectivity index (χ1v) is 8.04. The number of amides is 1. The van der Waals surface area contributed by atoms with E-state index in [4.69, 9.17) is 4.74 Å². The average molecular weight is 336 g/mol. The molecule has 1 N–H and O–H groups in total. The minimum Gasteiger partial charge on any atom is -0.497 e. The van der Waals surface area contributed by atoms with Gasteiger partial charge >= 0.3 is 0 Å². The van der Waals surface area contributed by atoms with E-state index < -0.39 is 0 Å². The Morgan fingerprint density at radius 1 is 1.28 bits per heavy atom. The zero-order chi connectivity index (χ0) is 17.6. The lowest BCUT2D eigenvalue weighted by Gasteiger charge is -2.11. The van der Waals surface area contributed by atoms with E-state index in [0.29, 0.717) is 6.54 Å². The predicted molar refractivity (Wildman–Crippen MR) is 97.6 cm³/mol. The van der Waals surface area contributed by atoms with E-state index in [1.54, 1.807) is 19.7 Å². The summed E-state index contributed by atoms with van der Waals surface area (Å²) in [5, 5.41) is 4.02. The van der Waals surface area contributed by atoms with Gasteiger partial charge in [0.15, 0.2) is 0 Å². The Labute approximate surface area is 146 Å². The minimum absolute atomic E-state index is 0.137. The fourth-order valence-corrected chi connectivity index (χ4v) is 2.50. The lowest BCUT2D eigenvalue weighted by molar-refractivity contribution is -0.124. The van der Waals surface area contributed by atoms with E-state index in [0.717, 1.165) is 22.3 Å². The molecule has 1 amide bonds. The van der Waals surface area contributed by atoms with E-state index in [9.17, 15) is 4.79 Å². The molecule has 0 aliphatic heterocycles. The lowest BCUT2D eigenvalue weighted by atomic mass is 10.1. The summed E-state index contributed by atoms with van der Waals surface area (Å²) < 4.78 is 7.08. The normalized spacial score (nSPS) is 12.4. The van der Waals surface area contributed by atoms with Crippen LogP contribution in [0.3, 0.4) is 0 Å². The maximum Gasteiger partial charge on any atom is 0.244 e. The Balaban J connectivity index is 1.57. The fraction of sp³-hybridized carbons (Fsp3) is 0.211. The zero-order valence-corrected chi connectivity index (χ0v) is 14.2. The number of rotatable bonds is 6.